The monoisotopic (exact) mass is 349 g/mol. The van der Waals surface area contributed by atoms with E-state index in [9.17, 15) is 18.8 Å². The van der Waals surface area contributed by atoms with E-state index < -0.39 is 29.4 Å². The summed E-state index contributed by atoms with van der Waals surface area (Å²) < 4.78 is 31.4. The van der Waals surface area contributed by atoms with Gasteiger partial charge in [0, 0.05) is 10.9 Å². The second kappa shape index (κ2) is 7.89. The number of methoxy groups -OCH3 is 1. The topological polar surface area (TPSA) is 50.1 Å². The molecule has 0 radical (unpaired) electrons. The Kier molecular flexibility index (Phi) is 5.88. The van der Waals surface area contributed by atoms with Gasteiger partial charge in [0.25, 0.3) is 0 Å². The predicted molar refractivity (Wildman–Crippen MR) is 85.5 cm³/mol. The molecule has 0 N–H and O–H groups in total. The lowest BCUT2D eigenvalue weighted by Gasteiger charge is -2.22. The summed E-state index contributed by atoms with van der Waals surface area (Å²) in [7, 11) is 1.25. The molecule has 6 heteroatoms. The largest absolute Gasteiger partial charge is 0.469 e. The van der Waals surface area contributed by atoms with E-state index in [4.69, 9.17) is 16.3 Å². The number of carbonyl (C=O) groups is 1. The molecule has 0 spiro atoms. The van der Waals surface area contributed by atoms with Crippen molar-refractivity contribution >= 4 is 17.6 Å². The Balaban J connectivity index is 2.48. The van der Waals surface area contributed by atoms with Gasteiger partial charge >= 0.3 is 5.97 Å². The Morgan fingerprint density at radius 1 is 1.21 bits per heavy atom. The number of benzene rings is 2. The normalized spacial score (nSPS) is 13.0. The summed E-state index contributed by atoms with van der Waals surface area (Å²) in [4.78, 5) is 11.8. The summed E-state index contributed by atoms with van der Waals surface area (Å²) in [5, 5.41) is 10.0. The quantitative estimate of drug-likeness (QED) is 0.743. The van der Waals surface area contributed by atoms with Crippen LogP contribution in [0.25, 0.3) is 0 Å². The van der Waals surface area contributed by atoms with Crippen molar-refractivity contribution in [2.24, 2.45) is 0 Å². The molecule has 0 amide bonds. The molecular weight excluding hydrogens is 336 g/mol. The van der Waals surface area contributed by atoms with E-state index in [0.717, 1.165) is 12.1 Å². The Morgan fingerprint density at radius 3 is 2.54 bits per heavy atom. The summed E-state index contributed by atoms with van der Waals surface area (Å²) in [5.74, 6) is -4.02. The van der Waals surface area contributed by atoms with Crippen LogP contribution in [0.1, 0.15) is 29.4 Å². The van der Waals surface area contributed by atoms with Crippen molar-refractivity contribution in [2.45, 2.75) is 18.3 Å². The van der Waals surface area contributed by atoms with Gasteiger partial charge in [0.15, 0.2) is 11.6 Å². The fourth-order valence-electron chi connectivity index (χ4n) is 2.53. The fourth-order valence-corrected chi connectivity index (χ4v) is 2.73. The molecule has 2 aromatic carbocycles. The summed E-state index contributed by atoms with van der Waals surface area (Å²) in [6.07, 6.45) is -0.0892. The standard InChI is InChI=1S/C18H14ClF2NO2/c1-24-18(23)9-14(11-3-2-4-13(19)7-11)15(10-22)12-5-6-16(20)17(21)8-12/h2-8,14-15H,9H2,1H3/t14-,15-/m0/s1. The first-order valence-corrected chi connectivity index (χ1v) is 7.51. The predicted octanol–water partition coefficient (Wildman–Crippen LogP) is 4.57. The highest BCUT2D eigenvalue weighted by Gasteiger charge is 2.28. The number of nitrogens with zero attached hydrogens (tertiary/aromatic N) is 1. The third kappa shape index (κ3) is 4.09. The van der Waals surface area contributed by atoms with Crippen LogP contribution in [-0.2, 0) is 9.53 Å². The Morgan fingerprint density at radius 2 is 1.96 bits per heavy atom. The summed E-state index contributed by atoms with van der Waals surface area (Å²) >= 11 is 5.99. The van der Waals surface area contributed by atoms with Gasteiger partial charge in [-0.05, 0) is 35.4 Å². The van der Waals surface area contributed by atoms with Crippen molar-refractivity contribution in [1.29, 1.82) is 5.26 Å². The highest BCUT2D eigenvalue weighted by atomic mass is 35.5. The lowest BCUT2D eigenvalue weighted by atomic mass is 9.80. The van der Waals surface area contributed by atoms with Crippen LogP contribution >= 0.6 is 11.6 Å². The van der Waals surface area contributed by atoms with Gasteiger partial charge in [0.1, 0.15) is 0 Å². The number of hydrogen-bond acceptors (Lipinski definition) is 3. The van der Waals surface area contributed by atoms with Crippen LogP contribution in [-0.4, -0.2) is 13.1 Å². The van der Waals surface area contributed by atoms with E-state index in [1.807, 2.05) is 0 Å². The van der Waals surface area contributed by atoms with Crippen molar-refractivity contribution in [1.82, 2.24) is 0 Å². The number of halogens is 3. The molecule has 3 nitrogen and oxygen atoms in total. The lowest BCUT2D eigenvalue weighted by molar-refractivity contribution is -0.141. The average molecular weight is 350 g/mol. The van der Waals surface area contributed by atoms with Gasteiger partial charge in [-0.3, -0.25) is 4.79 Å². The molecule has 0 aromatic heterocycles. The maximum Gasteiger partial charge on any atom is 0.306 e. The molecular formula is C18H14ClF2NO2. The SMILES string of the molecule is COC(=O)C[C@@H](c1cccc(Cl)c1)[C@@H](C#N)c1ccc(F)c(F)c1. The highest BCUT2D eigenvalue weighted by molar-refractivity contribution is 6.30. The first-order chi connectivity index (χ1) is 11.5. The first kappa shape index (κ1) is 17.9. The molecule has 2 aromatic rings. The number of rotatable bonds is 5. The van der Waals surface area contributed by atoms with Gasteiger partial charge in [-0.25, -0.2) is 8.78 Å². The van der Waals surface area contributed by atoms with Gasteiger partial charge < -0.3 is 4.74 Å². The Hall–Kier alpha value is -2.45. The third-order valence-electron chi connectivity index (χ3n) is 3.74. The average Bonchev–Trinajstić information content (AvgIpc) is 2.57. The molecule has 0 fully saturated rings. The van der Waals surface area contributed by atoms with Crippen molar-refractivity contribution in [3.8, 4) is 6.07 Å². The van der Waals surface area contributed by atoms with Crippen LogP contribution in [0.15, 0.2) is 42.5 Å². The Bertz CT molecular complexity index is 789. The number of ether oxygens (including phenoxy) is 1. The molecule has 0 bridgehead atoms. The second-order valence-electron chi connectivity index (χ2n) is 5.22. The minimum Gasteiger partial charge on any atom is -0.469 e. The van der Waals surface area contributed by atoms with Crippen molar-refractivity contribution in [3.05, 3.63) is 70.2 Å². The molecule has 24 heavy (non-hydrogen) atoms. The van der Waals surface area contributed by atoms with Gasteiger partial charge in [0.05, 0.1) is 25.5 Å². The van der Waals surface area contributed by atoms with Gasteiger partial charge in [-0.15, -0.1) is 0 Å². The second-order valence-corrected chi connectivity index (χ2v) is 5.66. The van der Waals surface area contributed by atoms with Gasteiger partial charge in [0.2, 0.25) is 0 Å². The Labute approximate surface area is 143 Å². The minimum absolute atomic E-state index is 0.0892. The van der Waals surface area contributed by atoms with Crippen LogP contribution in [0.4, 0.5) is 8.78 Å². The van der Waals surface area contributed by atoms with Gasteiger partial charge in [-0.2, -0.15) is 5.26 Å². The molecule has 0 aliphatic carbocycles. The fraction of sp³-hybridized carbons (Fsp3) is 0.222. The zero-order valence-corrected chi connectivity index (χ0v) is 13.6. The van der Waals surface area contributed by atoms with Crippen LogP contribution in [0.5, 0.6) is 0 Å². The maximum atomic E-state index is 13.5. The zero-order valence-electron chi connectivity index (χ0n) is 12.8. The molecule has 2 rings (SSSR count). The molecule has 0 aliphatic rings. The maximum absolute atomic E-state index is 13.5. The number of esters is 1. The number of hydrogen-bond donors (Lipinski definition) is 0. The molecule has 0 aliphatic heterocycles. The van der Waals surface area contributed by atoms with E-state index in [1.54, 1.807) is 24.3 Å². The van der Waals surface area contributed by atoms with E-state index in [-0.39, 0.29) is 12.0 Å². The van der Waals surface area contributed by atoms with Crippen molar-refractivity contribution < 1.29 is 18.3 Å². The van der Waals surface area contributed by atoms with Crippen LogP contribution in [0.2, 0.25) is 5.02 Å². The number of nitriles is 1. The minimum atomic E-state index is -1.05. The molecule has 0 saturated heterocycles. The van der Waals surface area contributed by atoms with Crippen molar-refractivity contribution in [3.63, 3.8) is 0 Å². The highest BCUT2D eigenvalue weighted by Crippen LogP contribution is 2.37. The van der Waals surface area contributed by atoms with Crippen molar-refractivity contribution in [2.75, 3.05) is 7.11 Å². The van der Waals surface area contributed by atoms with Gasteiger partial charge in [-0.1, -0.05) is 29.8 Å². The third-order valence-corrected chi connectivity index (χ3v) is 3.97. The van der Waals surface area contributed by atoms with Crippen LogP contribution < -0.4 is 0 Å². The molecule has 0 unspecified atom stereocenters. The first-order valence-electron chi connectivity index (χ1n) is 7.13. The van der Waals surface area contributed by atoms with Crippen LogP contribution in [0, 0.1) is 23.0 Å². The summed E-state index contributed by atoms with van der Waals surface area (Å²) in [6, 6.07) is 12.1. The molecule has 0 heterocycles. The lowest BCUT2D eigenvalue weighted by Crippen LogP contribution is -2.16. The zero-order chi connectivity index (χ0) is 17.7. The summed E-state index contributed by atoms with van der Waals surface area (Å²) in [5.41, 5.74) is 0.925. The van der Waals surface area contributed by atoms with E-state index in [1.165, 1.54) is 13.2 Å². The summed E-state index contributed by atoms with van der Waals surface area (Å²) in [6.45, 7) is 0. The molecule has 2 atom stereocenters. The smallest absolute Gasteiger partial charge is 0.306 e. The molecule has 0 saturated carbocycles. The van der Waals surface area contributed by atoms with E-state index in [2.05, 4.69) is 6.07 Å². The van der Waals surface area contributed by atoms with Crippen LogP contribution in [0.3, 0.4) is 0 Å². The molecule has 124 valence electrons. The van der Waals surface area contributed by atoms with E-state index in [0.29, 0.717) is 10.6 Å². The van der Waals surface area contributed by atoms with E-state index >= 15 is 0 Å². The number of carbonyl (C=O) groups excluding carboxylic acids is 1.